The van der Waals surface area contributed by atoms with Crippen LogP contribution in [0.4, 0.5) is 0 Å². The molecular formula is C14H19NO5S. The molecule has 1 aliphatic heterocycles. The number of carbonyl (C=O) groups is 1. The van der Waals surface area contributed by atoms with Gasteiger partial charge in [-0.1, -0.05) is 0 Å². The third-order valence-electron chi connectivity index (χ3n) is 3.55. The average Bonchev–Trinajstić information content (AvgIpc) is 2.48. The summed E-state index contributed by atoms with van der Waals surface area (Å²) in [5.41, 5.74) is 0. The molecule has 6 nitrogen and oxygen atoms in total. The van der Waals surface area contributed by atoms with Crippen LogP contribution in [0.15, 0.2) is 29.2 Å². The number of phenolic OH excluding ortho intramolecular Hbond substituents is 1. The number of ether oxygens (including phenoxy) is 1. The molecule has 1 aromatic rings. The molecule has 1 heterocycles. The molecule has 0 unspecified atom stereocenters. The molecular weight excluding hydrogens is 294 g/mol. The van der Waals surface area contributed by atoms with E-state index in [1.54, 1.807) is 6.92 Å². The maximum Gasteiger partial charge on any atom is 0.309 e. The fraction of sp³-hybridized carbons (Fsp3) is 0.500. The molecule has 1 aliphatic rings. The quantitative estimate of drug-likeness (QED) is 0.848. The van der Waals surface area contributed by atoms with Gasteiger partial charge < -0.3 is 9.84 Å². The summed E-state index contributed by atoms with van der Waals surface area (Å²) >= 11 is 0. The maximum absolute atomic E-state index is 12.4. The Morgan fingerprint density at radius 3 is 2.38 bits per heavy atom. The van der Waals surface area contributed by atoms with Crippen LogP contribution in [0.2, 0.25) is 0 Å². The number of esters is 1. The molecule has 0 bridgehead atoms. The van der Waals surface area contributed by atoms with E-state index in [0.29, 0.717) is 32.5 Å². The molecule has 2 rings (SSSR count). The van der Waals surface area contributed by atoms with E-state index in [0.717, 1.165) is 0 Å². The Labute approximate surface area is 124 Å². The van der Waals surface area contributed by atoms with Crippen LogP contribution in [0.3, 0.4) is 0 Å². The molecule has 7 heteroatoms. The van der Waals surface area contributed by atoms with Crippen molar-refractivity contribution in [2.45, 2.75) is 24.7 Å². The Morgan fingerprint density at radius 2 is 1.86 bits per heavy atom. The number of phenols is 1. The van der Waals surface area contributed by atoms with Crippen molar-refractivity contribution in [3.05, 3.63) is 24.3 Å². The van der Waals surface area contributed by atoms with E-state index < -0.39 is 10.0 Å². The topological polar surface area (TPSA) is 83.9 Å². The highest BCUT2D eigenvalue weighted by Crippen LogP contribution is 2.25. The largest absolute Gasteiger partial charge is 0.508 e. The van der Waals surface area contributed by atoms with Gasteiger partial charge >= 0.3 is 5.97 Å². The smallest absolute Gasteiger partial charge is 0.309 e. The van der Waals surface area contributed by atoms with Gasteiger partial charge in [-0.05, 0) is 44.0 Å². The molecule has 0 spiro atoms. The van der Waals surface area contributed by atoms with Gasteiger partial charge in [-0.2, -0.15) is 4.31 Å². The normalized spacial score (nSPS) is 17.6. The van der Waals surface area contributed by atoms with Crippen molar-refractivity contribution in [1.82, 2.24) is 4.31 Å². The van der Waals surface area contributed by atoms with Crippen molar-refractivity contribution in [3.8, 4) is 5.75 Å². The summed E-state index contributed by atoms with van der Waals surface area (Å²) in [5, 5.41) is 9.22. The number of rotatable bonds is 4. The molecule has 0 aliphatic carbocycles. The van der Waals surface area contributed by atoms with E-state index in [1.165, 1.54) is 28.6 Å². The zero-order valence-electron chi connectivity index (χ0n) is 11.9. The number of hydrogen-bond donors (Lipinski definition) is 1. The highest BCUT2D eigenvalue weighted by atomic mass is 32.2. The Hall–Kier alpha value is -1.60. The zero-order valence-corrected chi connectivity index (χ0v) is 12.7. The van der Waals surface area contributed by atoms with Crippen LogP contribution < -0.4 is 0 Å². The van der Waals surface area contributed by atoms with E-state index >= 15 is 0 Å². The standard InChI is InChI=1S/C14H19NO5S/c1-2-20-14(17)11-7-9-15(10-8-11)21(18,19)13-5-3-12(16)4-6-13/h3-6,11,16H,2,7-10H2,1H3. The Kier molecular flexibility index (Phi) is 4.84. The first-order valence-corrected chi connectivity index (χ1v) is 8.35. The Morgan fingerprint density at radius 1 is 1.29 bits per heavy atom. The van der Waals surface area contributed by atoms with Gasteiger partial charge in [-0.15, -0.1) is 0 Å². The van der Waals surface area contributed by atoms with Gasteiger partial charge in [-0.25, -0.2) is 8.42 Å². The first kappa shape index (κ1) is 15.8. The lowest BCUT2D eigenvalue weighted by atomic mass is 9.98. The molecule has 0 aromatic heterocycles. The second-order valence-electron chi connectivity index (χ2n) is 4.92. The number of hydrogen-bond acceptors (Lipinski definition) is 5. The van der Waals surface area contributed by atoms with Crippen LogP contribution in [-0.2, 0) is 19.6 Å². The Balaban J connectivity index is 2.04. The first-order valence-electron chi connectivity index (χ1n) is 6.91. The van der Waals surface area contributed by atoms with E-state index in [-0.39, 0.29) is 22.5 Å². The monoisotopic (exact) mass is 313 g/mol. The number of piperidine rings is 1. The predicted molar refractivity (Wildman–Crippen MR) is 76.2 cm³/mol. The van der Waals surface area contributed by atoms with Crippen LogP contribution in [0, 0.1) is 5.92 Å². The fourth-order valence-electron chi connectivity index (χ4n) is 2.36. The van der Waals surface area contributed by atoms with Gasteiger partial charge in [-0.3, -0.25) is 4.79 Å². The second-order valence-corrected chi connectivity index (χ2v) is 6.86. The van der Waals surface area contributed by atoms with Gasteiger partial charge in [0.1, 0.15) is 5.75 Å². The molecule has 1 N–H and O–H groups in total. The molecule has 0 amide bonds. The van der Waals surface area contributed by atoms with Crippen LogP contribution in [-0.4, -0.2) is 43.5 Å². The van der Waals surface area contributed by atoms with E-state index in [9.17, 15) is 18.3 Å². The summed E-state index contributed by atoms with van der Waals surface area (Å²) in [4.78, 5) is 11.8. The lowest BCUT2D eigenvalue weighted by Gasteiger charge is -2.30. The van der Waals surface area contributed by atoms with Crippen molar-refractivity contribution < 1.29 is 23.1 Å². The van der Waals surface area contributed by atoms with Gasteiger partial charge in [0, 0.05) is 13.1 Å². The summed E-state index contributed by atoms with van der Waals surface area (Å²) in [6.07, 6.45) is 0.937. The third-order valence-corrected chi connectivity index (χ3v) is 5.46. The molecule has 21 heavy (non-hydrogen) atoms. The third kappa shape index (κ3) is 3.54. The first-order chi connectivity index (χ1) is 9.95. The minimum atomic E-state index is -3.57. The molecule has 0 radical (unpaired) electrons. The highest BCUT2D eigenvalue weighted by Gasteiger charge is 2.32. The van der Waals surface area contributed by atoms with Crippen molar-refractivity contribution in [2.24, 2.45) is 5.92 Å². The number of sulfonamides is 1. The van der Waals surface area contributed by atoms with Crippen LogP contribution >= 0.6 is 0 Å². The number of aromatic hydroxyl groups is 1. The number of benzene rings is 1. The molecule has 1 aromatic carbocycles. The van der Waals surface area contributed by atoms with Crippen LogP contribution in [0.5, 0.6) is 5.75 Å². The highest BCUT2D eigenvalue weighted by molar-refractivity contribution is 7.89. The molecule has 0 saturated carbocycles. The minimum Gasteiger partial charge on any atom is -0.508 e. The average molecular weight is 313 g/mol. The lowest BCUT2D eigenvalue weighted by Crippen LogP contribution is -2.40. The summed E-state index contributed by atoms with van der Waals surface area (Å²) in [6, 6.07) is 5.45. The molecule has 1 fully saturated rings. The van der Waals surface area contributed by atoms with E-state index in [2.05, 4.69) is 0 Å². The van der Waals surface area contributed by atoms with E-state index in [4.69, 9.17) is 4.74 Å². The van der Waals surface area contributed by atoms with Crippen molar-refractivity contribution in [3.63, 3.8) is 0 Å². The minimum absolute atomic E-state index is 0.0231. The Bertz CT molecular complexity index is 588. The molecule has 1 saturated heterocycles. The van der Waals surface area contributed by atoms with Gasteiger partial charge in [0.15, 0.2) is 0 Å². The maximum atomic E-state index is 12.4. The second kappa shape index (κ2) is 6.44. The molecule has 0 atom stereocenters. The predicted octanol–water partition coefficient (Wildman–Crippen LogP) is 1.36. The van der Waals surface area contributed by atoms with Crippen molar-refractivity contribution in [2.75, 3.05) is 19.7 Å². The van der Waals surface area contributed by atoms with Gasteiger partial charge in [0.25, 0.3) is 0 Å². The van der Waals surface area contributed by atoms with Crippen molar-refractivity contribution >= 4 is 16.0 Å². The van der Waals surface area contributed by atoms with E-state index in [1.807, 2.05) is 0 Å². The van der Waals surface area contributed by atoms with Crippen LogP contribution in [0.1, 0.15) is 19.8 Å². The van der Waals surface area contributed by atoms with Crippen LogP contribution in [0.25, 0.3) is 0 Å². The summed E-state index contributed by atoms with van der Waals surface area (Å²) < 4.78 is 31.2. The SMILES string of the molecule is CCOC(=O)C1CCN(S(=O)(=O)c2ccc(O)cc2)CC1. The zero-order chi connectivity index (χ0) is 15.5. The summed E-state index contributed by atoms with van der Waals surface area (Å²) in [7, 11) is -3.57. The fourth-order valence-corrected chi connectivity index (χ4v) is 3.83. The summed E-state index contributed by atoms with van der Waals surface area (Å²) in [5.74, 6) is -0.453. The number of nitrogens with zero attached hydrogens (tertiary/aromatic N) is 1. The van der Waals surface area contributed by atoms with Gasteiger partial charge in [0.05, 0.1) is 17.4 Å². The lowest BCUT2D eigenvalue weighted by molar-refractivity contribution is -0.149. The van der Waals surface area contributed by atoms with Gasteiger partial charge in [0.2, 0.25) is 10.0 Å². The molecule has 116 valence electrons. The number of carbonyl (C=O) groups excluding carboxylic acids is 1. The summed E-state index contributed by atoms with van der Waals surface area (Å²) in [6.45, 7) is 2.69. The van der Waals surface area contributed by atoms with Crippen molar-refractivity contribution in [1.29, 1.82) is 0 Å².